The van der Waals surface area contributed by atoms with E-state index < -0.39 is 6.29 Å². The molecule has 2 rings (SSSR count). The molecule has 2 aliphatic rings. The Balaban J connectivity index is 2.02. The molecule has 0 aromatic carbocycles. The summed E-state index contributed by atoms with van der Waals surface area (Å²) in [5.41, 5.74) is 0. The van der Waals surface area contributed by atoms with E-state index >= 15 is 0 Å². The van der Waals surface area contributed by atoms with Gasteiger partial charge in [-0.2, -0.15) is 0 Å². The monoisotopic (exact) mass is 154 g/mol. The van der Waals surface area contributed by atoms with Crippen LogP contribution in [0.5, 0.6) is 0 Å². The van der Waals surface area contributed by atoms with Crippen molar-refractivity contribution in [1.82, 2.24) is 0 Å². The summed E-state index contributed by atoms with van der Waals surface area (Å²) in [7, 11) is 1.57. The van der Waals surface area contributed by atoms with Gasteiger partial charge in [0.1, 0.15) is 0 Å². The first-order valence-electron chi connectivity index (χ1n) is 4.20. The van der Waals surface area contributed by atoms with Crippen molar-refractivity contribution in [2.45, 2.75) is 19.1 Å². The Labute approximate surface area is 66.9 Å². The Bertz CT molecular complexity index is 176. The molecule has 2 aliphatic carbocycles. The Kier molecular flexibility index (Phi) is 1.74. The number of allylic oxidation sites excluding steroid dienone is 2. The molecule has 2 heteroatoms. The van der Waals surface area contributed by atoms with Crippen LogP contribution in [-0.4, -0.2) is 18.5 Å². The molecule has 0 saturated heterocycles. The predicted molar refractivity (Wildman–Crippen MR) is 41.9 cm³/mol. The van der Waals surface area contributed by atoms with Gasteiger partial charge in [0, 0.05) is 13.0 Å². The second-order valence-electron chi connectivity index (χ2n) is 3.57. The van der Waals surface area contributed by atoms with Gasteiger partial charge in [-0.15, -0.1) is 0 Å². The molecular weight excluding hydrogens is 140 g/mol. The van der Waals surface area contributed by atoms with Gasteiger partial charge in [0.2, 0.25) is 0 Å². The third kappa shape index (κ3) is 1.10. The van der Waals surface area contributed by atoms with Crippen molar-refractivity contribution in [1.29, 1.82) is 0 Å². The minimum Gasteiger partial charge on any atom is -0.368 e. The number of aliphatic hydroxyl groups excluding tert-OH is 1. The van der Waals surface area contributed by atoms with Crippen LogP contribution in [0.2, 0.25) is 0 Å². The molecule has 1 saturated carbocycles. The largest absolute Gasteiger partial charge is 0.368 e. The van der Waals surface area contributed by atoms with E-state index in [1.807, 2.05) is 0 Å². The summed E-state index contributed by atoms with van der Waals surface area (Å²) in [6.07, 6.45) is 6.28. The van der Waals surface area contributed by atoms with Crippen molar-refractivity contribution in [3.05, 3.63) is 12.2 Å². The van der Waals surface area contributed by atoms with Crippen LogP contribution in [0.1, 0.15) is 12.8 Å². The number of ether oxygens (including phenoxy) is 1. The zero-order valence-corrected chi connectivity index (χ0v) is 6.73. The molecule has 0 aromatic rings. The van der Waals surface area contributed by atoms with Gasteiger partial charge in [-0.3, -0.25) is 0 Å². The molecule has 0 heterocycles. The molecule has 4 atom stereocenters. The van der Waals surface area contributed by atoms with Gasteiger partial charge in [-0.05, 0) is 24.7 Å². The standard InChI is InChI=1S/C9H14O2/c1-11-9(10)8-5-6-2-3-7(8)4-6/h2-3,6-10H,4-5H2,1H3. The highest BCUT2D eigenvalue weighted by molar-refractivity contribution is 5.10. The molecule has 1 N–H and O–H groups in total. The number of methoxy groups -OCH3 is 1. The Morgan fingerprint density at radius 1 is 1.45 bits per heavy atom. The molecular formula is C9H14O2. The zero-order valence-electron chi connectivity index (χ0n) is 6.73. The number of rotatable bonds is 2. The third-order valence-electron chi connectivity index (χ3n) is 2.94. The quantitative estimate of drug-likeness (QED) is 0.478. The van der Waals surface area contributed by atoms with Crippen molar-refractivity contribution in [2.75, 3.05) is 7.11 Å². The number of fused-ring (bicyclic) bond motifs is 2. The highest BCUT2D eigenvalue weighted by Crippen LogP contribution is 2.44. The Morgan fingerprint density at radius 3 is 2.73 bits per heavy atom. The van der Waals surface area contributed by atoms with Gasteiger partial charge in [-0.1, -0.05) is 12.2 Å². The Hall–Kier alpha value is -0.340. The zero-order chi connectivity index (χ0) is 7.84. The van der Waals surface area contributed by atoms with Crippen LogP contribution in [0.25, 0.3) is 0 Å². The van der Waals surface area contributed by atoms with Crippen molar-refractivity contribution < 1.29 is 9.84 Å². The van der Waals surface area contributed by atoms with Gasteiger partial charge in [-0.25, -0.2) is 0 Å². The van der Waals surface area contributed by atoms with E-state index in [-0.39, 0.29) is 0 Å². The molecule has 2 bridgehead atoms. The van der Waals surface area contributed by atoms with Crippen LogP contribution in [0, 0.1) is 17.8 Å². The van der Waals surface area contributed by atoms with Gasteiger partial charge in [0.05, 0.1) is 0 Å². The van der Waals surface area contributed by atoms with Crippen LogP contribution in [-0.2, 0) is 4.74 Å². The van der Waals surface area contributed by atoms with E-state index in [1.54, 1.807) is 7.11 Å². The van der Waals surface area contributed by atoms with E-state index in [2.05, 4.69) is 12.2 Å². The lowest BCUT2D eigenvalue weighted by Gasteiger charge is -2.22. The smallest absolute Gasteiger partial charge is 0.157 e. The normalized spacial score (nSPS) is 43.3. The summed E-state index contributed by atoms with van der Waals surface area (Å²) in [4.78, 5) is 0. The fourth-order valence-corrected chi connectivity index (χ4v) is 2.33. The van der Waals surface area contributed by atoms with Crippen molar-refractivity contribution in [2.24, 2.45) is 17.8 Å². The van der Waals surface area contributed by atoms with Crippen LogP contribution in [0.4, 0.5) is 0 Å². The topological polar surface area (TPSA) is 29.5 Å². The number of hydrogen-bond acceptors (Lipinski definition) is 2. The SMILES string of the molecule is COC(O)C1CC2C=CC1C2. The molecule has 2 nitrogen and oxygen atoms in total. The van der Waals surface area contributed by atoms with Crippen LogP contribution < -0.4 is 0 Å². The minimum atomic E-state index is -0.546. The minimum absolute atomic E-state index is 0.356. The molecule has 0 amide bonds. The molecule has 1 fully saturated rings. The van der Waals surface area contributed by atoms with Crippen molar-refractivity contribution in [3.8, 4) is 0 Å². The summed E-state index contributed by atoms with van der Waals surface area (Å²) in [5.74, 6) is 1.65. The van der Waals surface area contributed by atoms with E-state index in [0.29, 0.717) is 11.8 Å². The second-order valence-corrected chi connectivity index (χ2v) is 3.57. The summed E-state index contributed by atoms with van der Waals surface area (Å²) < 4.78 is 4.91. The molecule has 4 unspecified atom stereocenters. The van der Waals surface area contributed by atoms with E-state index in [9.17, 15) is 5.11 Å². The first-order chi connectivity index (χ1) is 5.31. The van der Waals surface area contributed by atoms with Crippen molar-refractivity contribution in [3.63, 3.8) is 0 Å². The lowest BCUT2D eigenvalue weighted by atomic mass is 9.93. The molecule has 0 aromatic heterocycles. The van der Waals surface area contributed by atoms with Crippen LogP contribution in [0.15, 0.2) is 12.2 Å². The van der Waals surface area contributed by atoms with Gasteiger partial charge in [0.25, 0.3) is 0 Å². The van der Waals surface area contributed by atoms with E-state index in [1.165, 1.54) is 6.42 Å². The number of hydrogen-bond donors (Lipinski definition) is 1. The predicted octanol–water partition coefficient (Wildman–Crippen LogP) is 1.16. The average Bonchev–Trinajstić information content (AvgIpc) is 2.62. The molecule has 0 spiro atoms. The fraction of sp³-hybridized carbons (Fsp3) is 0.778. The van der Waals surface area contributed by atoms with E-state index in [4.69, 9.17) is 4.74 Å². The maximum atomic E-state index is 9.42. The maximum Gasteiger partial charge on any atom is 0.157 e. The molecule has 62 valence electrons. The van der Waals surface area contributed by atoms with Gasteiger partial charge < -0.3 is 9.84 Å². The summed E-state index contributed by atoms with van der Waals surface area (Å²) in [6.45, 7) is 0. The summed E-state index contributed by atoms with van der Waals surface area (Å²) in [6, 6.07) is 0. The molecule has 0 radical (unpaired) electrons. The highest BCUT2D eigenvalue weighted by atomic mass is 16.6. The third-order valence-corrected chi connectivity index (χ3v) is 2.94. The van der Waals surface area contributed by atoms with Crippen LogP contribution >= 0.6 is 0 Å². The second kappa shape index (κ2) is 2.61. The molecule has 0 aliphatic heterocycles. The lowest BCUT2D eigenvalue weighted by molar-refractivity contribution is -0.118. The average molecular weight is 154 g/mol. The van der Waals surface area contributed by atoms with Gasteiger partial charge in [0.15, 0.2) is 6.29 Å². The maximum absolute atomic E-state index is 9.42. The fourth-order valence-electron chi connectivity index (χ4n) is 2.33. The van der Waals surface area contributed by atoms with Crippen LogP contribution in [0.3, 0.4) is 0 Å². The van der Waals surface area contributed by atoms with Crippen molar-refractivity contribution >= 4 is 0 Å². The first kappa shape index (κ1) is 7.32. The lowest BCUT2D eigenvalue weighted by Crippen LogP contribution is -2.25. The Morgan fingerprint density at radius 2 is 2.27 bits per heavy atom. The van der Waals surface area contributed by atoms with E-state index in [0.717, 1.165) is 12.3 Å². The first-order valence-corrected chi connectivity index (χ1v) is 4.20. The summed E-state index contributed by atoms with van der Waals surface area (Å²) in [5, 5.41) is 9.42. The summed E-state index contributed by atoms with van der Waals surface area (Å²) >= 11 is 0. The highest BCUT2D eigenvalue weighted by Gasteiger charge is 2.39. The number of aliphatic hydroxyl groups is 1. The van der Waals surface area contributed by atoms with Gasteiger partial charge >= 0.3 is 0 Å². The molecule has 11 heavy (non-hydrogen) atoms.